The molecule has 2 atom stereocenters. The molecule has 0 radical (unpaired) electrons. The number of rotatable bonds is 13. The Hall–Kier alpha value is -2.13. The third-order valence-electron chi connectivity index (χ3n) is 2.41. The van der Waals surface area contributed by atoms with Gasteiger partial charge in [-0.25, -0.2) is 4.18 Å². The fourth-order valence-electron chi connectivity index (χ4n) is 1.70. The van der Waals surface area contributed by atoms with Crippen LogP contribution in [0.1, 0.15) is 0 Å². The van der Waals surface area contributed by atoms with E-state index in [1.807, 2.05) is 0 Å². The number of carboxylic acid groups (broad SMARTS) is 4. The van der Waals surface area contributed by atoms with E-state index >= 15 is 0 Å². The first-order valence-electron chi connectivity index (χ1n) is 6.12. The largest absolute Gasteiger partial charge is 0.480 e. The number of carbonyl (C=O) groups is 4. The molecule has 0 bridgehead atoms. The zero-order valence-corrected chi connectivity index (χ0v) is 12.9. The molecule has 0 amide bonds. The Balaban J connectivity index is 5.36. The lowest BCUT2D eigenvalue weighted by Gasteiger charge is -2.31. The van der Waals surface area contributed by atoms with Crippen molar-refractivity contribution in [2.45, 2.75) is 6.23 Å². The summed E-state index contributed by atoms with van der Waals surface area (Å²) in [4.78, 5) is 44.5. The Kier molecular flexibility index (Phi) is 9.67. The molecule has 0 aliphatic rings. The van der Waals surface area contributed by atoms with Crippen LogP contribution in [0.15, 0.2) is 0 Å². The van der Waals surface area contributed by atoms with E-state index in [-0.39, 0.29) is 0 Å². The first-order valence-corrected chi connectivity index (χ1v) is 7.16. The van der Waals surface area contributed by atoms with Crippen LogP contribution in [-0.2, 0) is 34.7 Å². The van der Waals surface area contributed by atoms with Gasteiger partial charge in [0.05, 0.1) is 26.2 Å². The van der Waals surface area contributed by atoms with Gasteiger partial charge in [-0.1, -0.05) is 0 Å². The molecule has 2 unspecified atom stereocenters. The lowest BCUT2D eigenvalue weighted by molar-refractivity contribution is -0.150. The minimum Gasteiger partial charge on any atom is -0.480 e. The zero-order valence-electron chi connectivity index (χ0n) is 12.1. The highest BCUT2D eigenvalue weighted by Crippen LogP contribution is 2.07. The number of nitrogens with zero attached hydrogens (tertiary/aromatic N) is 2. The topological polar surface area (TPSA) is 202 Å². The Morgan fingerprint density at radius 3 is 1.50 bits per heavy atom. The second-order valence-electron chi connectivity index (χ2n) is 4.42. The standard InChI is InChI=1S/C10H16N2O11S/c13-7(14)2-11(3-8(15)16)1-6(23-24(21)22)12(4-9(17)18)5-10(19)20/h6H,1-5H2,(H,13,14)(H,15,16)(H,17,18)(H,19,20)(H,21,22). The van der Waals surface area contributed by atoms with Crippen molar-refractivity contribution in [3.8, 4) is 0 Å². The molecule has 0 aliphatic heterocycles. The Bertz CT molecular complexity index is 479. The minimum absolute atomic E-state index is 0.633. The highest BCUT2D eigenvalue weighted by Gasteiger charge is 2.29. The third-order valence-corrected chi connectivity index (χ3v) is 2.80. The van der Waals surface area contributed by atoms with Gasteiger partial charge in [-0.05, 0) is 0 Å². The summed E-state index contributed by atoms with van der Waals surface area (Å²) in [6, 6.07) is 0. The molecule has 0 aromatic rings. The molecule has 14 heteroatoms. The zero-order chi connectivity index (χ0) is 18.9. The Morgan fingerprint density at radius 2 is 1.21 bits per heavy atom. The molecule has 0 aromatic heterocycles. The fourth-order valence-corrected chi connectivity index (χ4v) is 2.07. The van der Waals surface area contributed by atoms with Crippen LogP contribution in [0.25, 0.3) is 0 Å². The lowest BCUT2D eigenvalue weighted by Crippen LogP contribution is -2.51. The molecule has 0 spiro atoms. The summed E-state index contributed by atoms with van der Waals surface area (Å²) >= 11 is -2.94. The lowest BCUT2D eigenvalue weighted by atomic mass is 10.3. The summed E-state index contributed by atoms with van der Waals surface area (Å²) in [7, 11) is 0. The number of carboxylic acids is 4. The summed E-state index contributed by atoms with van der Waals surface area (Å²) in [6.07, 6.45) is -1.65. The molecule has 0 fully saturated rings. The van der Waals surface area contributed by atoms with E-state index in [4.69, 9.17) is 25.0 Å². The van der Waals surface area contributed by atoms with Crippen molar-refractivity contribution in [1.29, 1.82) is 0 Å². The van der Waals surface area contributed by atoms with Crippen LogP contribution in [0.3, 0.4) is 0 Å². The van der Waals surface area contributed by atoms with E-state index in [1.54, 1.807) is 0 Å². The number of hydrogen-bond donors (Lipinski definition) is 5. The number of aliphatic carboxylic acids is 4. The molecule has 5 N–H and O–H groups in total. The average molecular weight is 372 g/mol. The second kappa shape index (κ2) is 10.6. The summed E-state index contributed by atoms with van der Waals surface area (Å²) < 4.78 is 24.1. The maximum absolute atomic E-state index is 10.8. The SMILES string of the molecule is O=C(O)CN(CC(=O)O)CC(OS(=O)O)N(CC(=O)O)CC(=O)O. The van der Waals surface area contributed by atoms with Crippen LogP contribution in [0, 0.1) is 0 Å². The summed E-state index contributed by atoms with van der Waals surface area (Å²) in [5.74, 6) is -5.78. The maximum atomic E-state index is 10.8. The van der Waals surface area contributed by atoms with Gasteiger partial charge >= 0.3 is 35.2 Å². The van der Waals surface area contributed by atoms with Crippen molar-refractivity contribution in [2.75, 3.05) is 32.7 Å². The minimum atomic E-state index is -2.94. The van der Waals surface area contributed by atoms with Gasteiger partial charge in [-0.3, -0.25) is 33.5 Å². The molecule has 0 aromatic carbocycles. The molecule has 0 heterocycles. The van der Waals surface area contributed by atoms with Gasteiger partial charge in [0, 0.05) is 6.54 Å². The van der Waals surface area contributed by atoms with Crippen molar-refractivity contribution >= 4 is 35.2 Å². The predicted molar refractivity (Wildman–Crippen MR) is 74.2 cm³/mol. The van der Waals surface area contributed by atoms with Crippen molar-refractivity contribution in [3.05, 3.63) is 0 Å². The van der Waals surface area contributed by atoms with E-state index in [2.05, 4.69) is 4.18 Å². The molecule has 13 nitrogen and oxygen atoms in total. The molecule has 24 heavy (non-hydrogen) atoms. The molecule has 0 saturated heterocycles. The first-order chi connectivity index (χ1) is 11.0. The summed E-state index contributed by atoms with van der Waals surface area (Å²) in [5, 5.41) is 35.0. The summed E-state index contributed by atoms with van der Waals surface area (Å²) in [6.45, 7) is -4.02. The molecular weight excluding hydrogens is 356 g/mol. The average Bonchev–Trinajstić information content (AvgIpc) is 2.33. The van der Waals surface area contributed by atoms with Gasteiger partial charge in [0.2, 0.25) is 0 Å². The smallest absolute Gasteiger partial charge is 0.317 e. The van der Waals surface area contributed by atoms with E-state index in [9.17, 15) is 23.4 Å². The van der Waals surface area contributed by atoms with Crippen LogP contribution < -0.4 is 0 Å². The van der Waals surface area contributed by atoms with Gasteiger partial charge in [-0.15, -0.1) is 0 Å². The van der Waals surface area contributed by atoms with Crippen LogP contribution >= 0.6 is 0 Å². The molecule has 0 rings (SSSR count). The Labute approximate surface area is 137 Å². The monoisotopic (exact) mass is 372 g/mol. The van der Waals surface area contributed by atoms with Crippen molar-refractivity contribution < 1.29 is 52.5 Å². The van der Waals surface area contributed by atoms with Crippen LogP contribution in [0.4, 0.5) is 0 Å². The predicted octanol–water partition coefficient (Wildman–Crippen LogP) is -2.59. The highest BCUT2D eigenvalue weighted by molar-refractivity contribution is 7.74. The van der Waals surface area contributed by atoms with E-state index in [1.165, 1.54) is 0 Å². The van der Waals surface area contributed by atoms with Crippen LogP contribution in [0.2, 0.25) is 0 Å². The summed E-state index contributed by atoms with van der Waals surface area (Å²) in [5.41, 5.74) is 0. The third kappa shape index (κ3) is 10.6. The van der Waals surface area contributed by atoms with Crippen molar-refractivity contribution in [1.82, 2.24) is 9.80 Å². The second-order valence-corrected chi connectivity index (χ2v) is 5.04. The highest BCUT2D eigenvalue weighted by atomic mass is 32.2. The molecule has 0 aliphatic carbocycles. The maximum Gasteiger partial charge on any atom is 0.317 e. The van der Waals surface area contributed by atoms with Crippen LogP contribution in [0.5, 0.6) is 0 Å². The van der Waals surface area contributed by atoms with E-state index in [0.717, 1.165) is 4.90 Å². The van der Waals surface area contributed by atoms with E-state index in [0.29, 0.717) is 4.90 Å². The van der Waals surface area contributed by atoms with Gasteiger partial charge < -0.3 is 20.4 Å². The van der Waals surface area contributed by atoms with Crippen molar-refractivity contribution in [2.24, 2.45) is 0 Å². The fraction of sp³-hybridized carbons (Fsp3) is 0.600. The molecular formula is C10H16N2O11S. The van der Waals surface area contributed by atoms with Crippen molar-refractivity contribution in [3.63, 3.8) is 0 Å². The molecule has 0 saturated carbocycles. The van der Waals surface area contributed by atoms with Gasteiger partial charge in [0.1, 0.15) is 6.23 Å². The quantitative estimate of drug-likeness (QED) is 0.166. The number of hydrogen-bond acceptors (Lipinski definition) is 8. The Morgan fingerprint density at radius 1 is 0.833 bits per heavy atom. The van der Waals surface area contributed by atoms with Crippen LogP contribution in [-0.4, -0.2) is 102 Å². The first kappa shape index (κ1) is 21.9. The molecule has 138 valence electrons. The van der Waals surface area contributed by atoms with Gasteiger partial charge in [0.15, 0.2) is 0 Å². The van der Waals surface area contributed by atoms with E-state index < -0.39 is 74.2 Å². The van der Waals surface area contributed by atoms with Gasteiger partial charge in [0.25, 0.3) is 0 Å². The van der Waals surface area contributed by atoms with Gasteiger partial charge in [-0.2, -0.15) is 4.21 Å². The normalized spacial score (nSPS) is 13.6.